The van der Waals surface area contributed by atoms with Gasteiger partial charge in [0.05, 0.1) is 19.3 Å². The van der Waals surface area contributed by atoms with Crippen LogP contribution < -0.4 is 5.73 Å². The SMILES string of the molecule is COC(=O)CCSCC([NH])=O. The number of esters is 1. The first-order valence-corrected chi connectivity index (χ1v) is 4.21. The lowest BCUT2D eigenvalue weighted by atomic mass is 10.5. The second-order valence-corrected chi connectivity index (χ2v) is 2.91. The lowest BCUT2D eigenvalue weighted by Gasteiger charge is -1.96. The van der Waals surface area contributed by atoms with Gasteiger partial charge in [-0.2, -0.15) is 11.8 Å². The molecule has 0 bridgehead atoms. The van der Waals surface area contributed by atoms with Crippen molar-refractivity contribution in [3.8, 4) is 0 Å². The summed E-state index contributed by atoms with van der Waals surface area (Å²) in [5, 5.41) is 0. The molecule has 4 nitrogen and oxygen atoms in total. The molecule has 0 aromatic carbocycles. The van der Waals surface area contributed by atoms with Crippen LogP contribution in [0.5, 0.6) is 0 Å². The summed E-state index contributed by atoms with van der Waals surface area (Å²) in [6.07, 6.45) is 0.300. The smallest absolute Gasteiger partial charge is 0.306 e. The monoisotopic (exact) mass is 176 g/mol. The van der Waals surface area contributed by atoms with Crippen molar-refractivity contribution in [1.82, 2.24) is 5.73 Å². The minimum Gasteiger partial charge on any atom is -0.469 e. The number of hydrogen-bond donors (Lipinski definition) is 0. The van der Waals surface area contributed by atoms with Crippen molar-refractivity contribution in [2.24, 2.45) is 0 Å². The predicted octanol–water partition coefficient (Wildman–Crippen LogP) is 0.0922. The molecule has 0 aliphatic heterocycles. The lowest BCUT2D eigenvalue weighted by molar-refractivity contribution is -0.140. The highest BCUT2D eigenvalue weighted by Crippen LogP contribution is 2.01. The molecule has 0 saturated carbocycles. The van der Waals surface area contributed by atoms with Crippen LogP contribution in [0.2, 0.25) is 0 Å². The third-order valence-electron chi connectivity index (χ3n) is 0.911. The van der Waals surface area contributed by atoms with Crippen molar-refractivity contribution < 1.29 is 14.3 Å². The van der Waals surface area contributed by atoms with Gasteiger partial charge >= 0.3 is 5.97 Å². The van der Waals surface area contributed by atoms with Gasteiger partial charge in [-0.1, -0.05) is 0 Å². The fourth-order valence-corrected chi connectivity index (χ4v) is 1.06. The maximum Gasteiger partial charge on any atom is 0.306 e. The molecule has 0 fully saturated rings. The molecule has 0 heterocycles. The molecule has 0 aromatic rings. The third-order valence-corrected chi connectivity index (χ3v) is 1.87. The van der Waals surface area contributed by atoms with Gasteiger partial charge in [0.2, 0.25) is 5.91 Å². The summed E-state index contributed by atoms with van der Waals surface area (Å²) in [7, 11) is 1.32. The average molecular weight is 176 g/mol. The van der Waals surface area contributed by atoms with Gasteiger partial charge in [-0.3, -0.25) is 15.3 Å². The van der Waals surface area contributed by atoms with E-state index in [-0.39, 0.29) is 11.7 Å². The van der Waals surface area contributed by atoms with Gasteiger partial charge in [0.25, 0.3) is 0 Å². The molecule has 0 unspecified atom stereocenters. The third kappa shape index (κ3) is 7.18. The maximum absolute atomic E-state index is 10.5. The van der Waals surface area contributed by atoms with E-state index in [4.69, 9.17) is 5.73 Å². The number of amides is 1. The Labute approximate surface area is 69.5 Å². The Morgan fingerprint density at radius 2 is 2.18 bits per heavy atom. The van der Waals surface area contributed by atoms with Crippen molar-refractivity contribution in [2.45, 2.75) is 6.42 Å². The van der Waals surface area contributed by atoms with Crippen LogP contribution in [-0.4, -0.2) is 30.5 Å². The molecule has 0 aliphatic carbocycles. The summed E-state index contributed by atoms with van der Waals surface area (Å²) in [6, 6.07) is 0. The Morgan fingerprint density at radius 1 is 1.55 bits per heavy atom. The number of thioether (sulfide) groups is 1. The fourth-order valence-electron chi connectivity index (χ4n) is 0.422. The molecular weight excluding hydrogens is 166 g/mol. The molecule has 5 heteroatoms. The number of hydrogen-bond acceptors (Lipinski definition) is 4. The van der Waals surface area contributed by atoms with E-state index in [9.17, 15) is 9.59 Å². The predicted molar refractivity (Wildman–Crippen MR) is 42.1 cm³/mol. The molecule has 0 saturated heterocycles. The van der Waals surface area contributed by atoms with Gasteiger partial charge in [0.15, 0.2) is 0 Å². The topological polar surface area (TPSA) is 67.2 Å². The van der Waals surface area contributed by atoms with E-state index in [2.05, 4.69) is 4.74 Å². The summed E-state index contributed by atoms with van der Waals surface area (Å²) >= 11 is 1.27. The first-order valence-electron chi connectivity index (χ1n) is 3.06. The van der Waals surface area contributed by atoms with Crippen LogP contribution in [0.4, 0.5) is 0 Å². The van der Waals surface area contributed by atoms with Crippen LogP contribution in [0.1, 0.15) is 6.42 Å². The van der Waals surface area contributed by atoms with E-state index < -0.39 is 5.91 Å². The standard InChI is InChI=1S/C6H10NO3S/c1-10-6(9)2-3-11-4-5(7)8/h7H,2-4H2,1H3. The van der Waals surface area contributed by atoms with Crippen molar-refractivity contribution >= 4 is 23.6 Å². The van der Waals surface area contributed by atoms with Gasteiger partial charge in [-0.15, -0.1) is 0 Å². The van der Waals surface area contributed by atoms with Crippen molar-refractivity contribution in [2.75, 3.05) is 18.6 Å². The van der Waals surface area contributed by atoms with E-state index in [1.54, 1.807) is 0 Å². The van der Waals surface area contributed by atoms with Crippen LogP contribution >= 0.6 is 11.8 Å². The van der Waals surface area contributed by atoms with Crippen molar-refractivity contribution in [3.05, 3.63) is 0 Å². The molecular formula is C6H10NO3S. The van der Waals surface area contributed by atoms with Gasteiger partial charge in [-0.25, -0.2) is 0 Å². The number of ether oxygens (including phenoxy) is 1. The minimum absolute atomic E-state index is 0.150. The van der Waals surface area contributed by atoms with E-state index >= 15 is 0 Å². The maximum atomic E-state index is 10.5. The number of rotatable bonds is 5. The zero-order valence-electron chi connectivity index (χ0n) is 6.25. The van der Waals surface area contributed by atoms with Crippen LogP contribution in [0.15, 0.2) is 0 Å². The Bertz CT molecular complexity index is 149. The molecule has 11 heavy (non-hydrogen) atoms. The summed E-state index contributed by atoms with van der Waals surface area (Å²) in [5.41, 5.74) is 6.53. The highest BCUT2D eigenvalue weighted by Gasteiger charge is 2.00. The van der Waals surface area contributed by atoms with E-state index in [0.717, 1.165) is 0 Å². The van der Waals surface area contributed by atoms with Crippen molar-refractivity contribution in [1.29, 1.82) is 0 Å². The van der Waals surface area contributed by atoms with Gasteiger partial charge in [0, 0.05) is 5.75 Å². The van der Waals surface area contributed by atoms with E-state index in [0.29, 0.717) is 12.2 Å². The molecule has 0 aliphatic rings. The van der Waals surface area contributed by atoms with Crippen molar-refractivity contribution in [3.63, 3.8) is 0 Å². The first kappa shape index (κ1) is 10.3. The van der Waals surface area contributed by atoms with Gasteiger partial charge in [0.1, 0.15) is 0 Å². The molecule has 1 N–H and O–H groups in total. The van der Waals surface area contributed by atoms with Gasteiger partial charge in [-0.05, 0) is 0 Å². The van der Waals surface area contributed by atoms with Crippen LogP contribution in [-0.2, 0) is 14.3 Å². The Morgan fingerprint density at radius 3 is 2.64 bits per heavy atom. The largest absolute Gasteiger partial charge is 0.469 e. The molecule has 0 atom stereocenters. The zero-order chi connectivity index (χ0) is 8.69. The molecule has 63 valence electrons. The fraction of sp³-hybridized carbons (Fsp3) is 0.667. The number of nitrogens with one attached hydrogen (secondary N) is 1. The molecule has 0 spiro atoms. The summed E-state index contributed by atoms with van der Waals surface area (Å²) in [6.45, 7) is 0. The summed E-state index contributed by atoms with van der Waals surface area (Å²) in [5.74, 6) is -0.205. The van der Waals surface area contributed by atoms with Crippen LogP contribution in [0.3, 0.4) is 0 Å². The van der Waals surface area contributed by atoms with E-state index in [1.807, 2.05) is 0 Å². The highest BCUT2D eigenvalue weighted by atomic mass is 32.2. The highest BCUT2D eigenvalue weighted by molar-refractivity contribution is 7.99. The second kappa shape index (κ2) is 6.03. The first-order chi connectivity index (χ1) is 5.16. The minimum atomic E-state index is -0.611. The number of methoxy groups -OCH3 is 1. The normalized spacial score (nSPS) is 9.18. The summed E-state index contributed by atoms with van der Waals surface area (Å²) in [4.78, 5) is 20.6. The zero-order valence-corrected chi connectivity index (χ0v) is 7.07. The molecule has 1 radical (unpaired) electrons. The molecule has 0 aromatic heterocycles. The van der Waals surface area contributed by atoms with Gasteiger partial charge < -0.3 is 4.74 Å². The lowest BCUT2D eigenvalue weighted by Crippen LogP contribution is -2.05. The average Bonchev–Trinajstić information content (AvgIpc) is 1.97. The quantitative estimate of drug-likeness (QED) is 0.440. The van der Waals surface area contributed by atoms with E-state index in [1.165, 1.54) is 18.9 Å². The molecule has 1 amide bonds. The molecule has 0 rings (SSSR count). The Balaban J connectivity index is 3.14. The number of carbonyl (C=O) groups is 2. The second-order valence-electron chi connectivity index (χ2n) is 1.80. The number of carbonyl (C=O) groups excluding carboxylic acids is 2. The summed E-state index contributed by atoms with van der Waals surface area (Å²) < 4.78 is 4.37. The van der Waals surface area contributed by atoms with Crippen LogP contribution in [0.25, 0.3) is 0 Å². The Kier molecular flexibility index (Phi) is 5.64. The Hall–Kier alpha value is -0.710. The van der Waals surface area contributed by atoms with Crippen LogP contribution in [0, 0.1) is 0 Å².